The summed E-state index contributed by atoms with van der Waals surface area (Å²) in [5.41, 5.74) is 7.27. The summed E-state index contributed by atoms with van der Waals surface area (Å²) in [5.74, 6) is 0.662. The molecule has 1 aliphatic rings. The molecule has 0 aromatic heterocycles. The summed E-state index contributed by atoms with van der Waals surface area (Å²) in [6, 6.07) is 9.32. The summed E-state index contributed by atoms with van der Waals surface area (Å²) < 4.78 is 0. The van der Waals surface area contributed by atoms with Crippen LogP contribution >= 0.6 is 11.6 Å². The number of rotatable bonds is 5. The monoisotopic (exact) mass is 280 g/mol. The normalized spacial score (nSPS) is 24.9. The van der Waals surface area contributed by atoms with Gasteiger partial charge in [0.2, 0.25) is 0 Å². The van der Waals surface area contributed by atoms with Gasteiger partial charge in [-0.25, -0.2) is 0 Å². The van der Waals surface area contributed by atoms with Gasteiger partial charge >= 0.3 is 0 Å². The van der Waals surface area contributed by atoms with Crippen LogP contribution in [0.25, 0.3) is 0 Å². The zero-order valence-corrected chi connectivity index (χ0v) is 12.7. The SMILES string of the molecule is CCN(C(C)c1ccc(Cl)cc1)C1CCCC1CN. The molecule has 2 N–H and O–H groups in total. The highest BCUT2D eigenvalue weighted by Crippen LogP contribution is 2.34. The minimum absolute atomic E-state index is 0.430. The lowest BCUT2D eigenvalue weighted by atomic mass is 9.98. The topological polar surface area (TPSA) is 29.3 Å². The summed E-state index contributed by atoms with van der Waals surface area (Å²) in [7, 11) is 0. The van der Waals surface area contributed by atoms with Gasteiger partial charge in [0.25, 0.3) is 0 Å². The fraction of sp³-hybridized carbons (Fsp3) is 0.625. The molecule has 0 bridgehead atoms. The Morgan fingerprint density at radius 3 is 2.58 bits per heavy atom. The van der Waals surface area contributed by atoms with Gasteiger partial charge in [0.1, 0.15) is 0 Å². The second-order valence-corrected chi connectivity index (χ2v) is 5.99. The molecule has 1 aromatic carbocycles. The second kappa shape index (κ2) is 6.74. The first kappa shape index (κ1) is 14.8. The van der Waals surface area contributed by atoms with Crippen molar-refractivity contribution in [1.82, 2.24) is 4.90 Å². The molecule has 3 unspecified atom stereocenters. The smallest absolute Gasteiger partial charge is 0.0406 e. The summed E-state index contributed by atoms with van der Waals surface area (Å²) in [6.45, 7) is 6.43. The minimum atomic E-state index is 0.430. The standard InChI is InChI=1S/C16H25ClN2/c1-3-19(16-6-4-5-14(16)11-18)12(2)13-7-9-15(17)10-8-13/h7-10,12,14,16H,3-6,11,18H2,1-2H3. The van der Waals surface area contributed by atoms with Crippen molar-refractivity contribution < 1.29 is 0 Å². The van der Waals surface area contributed by atoms with Gasteiger partial charge in [0, 0.05) is 17.1 Å². The van der Waals surface area contributed by atoms with E-state index < -0.39 is 0 Å². The predicted octanol–water partition coefficient (Wildman–Crippen LogP) is 3.85. The molecule has 0 aliphatic heterocycles. The van der Waals surface area contributed by atoms with E-state index >= 15 is 0 Å². The van der Waals surface area contributed by atoms with Crippen LogP contribution in [0.1, 0.15) is 44.7 Å². The zero-order chi connectivity index (χ0) is 13.8. The Bertz CT molecular complexity index is 390. The Kier molecular flexibility index (Phi) is 5.26. The minimum Gasteiger partial charge on any atom is -0.330 e. The number of halogens is 1. The second-order valence-electron chi connectivity index (χ2n) is 5.55. The summed E-state index contributed by atoms with van der Waals surface area (Å²) in [4.78, 5) is 2.60. The van der Waals surface area contributed by atoms with E-state index in [1.54, 1.807) is 0 Å². The molecule has 0 radical (unpaired) electrons. The highest BCUT2D eigenvalue weighted by Gasteiger charge is 2.32. The molecule has 0 saturated heterocycles. The maximum Gasteiger partial charge on any atom is 0.0406 e. The van der Waals surface area contributed by atoms with E-state index in [0.717, 1.165) is 18.1 Å². The molecular weight excluding hydrogens is 256 g/mol. The van der Waals surface area contributed by atoms with E-state index in [-0.39, 0.29) is 0 Å². The Morgan fingerprint density at radius 2 is 2.00 bits per heavy atom. The molecule has 19 heavy (non-hydrogen) atoms. The van der Waals surface area contributed by atoms with Gasteiger partial charge in [-0.15, -0.1) is 0 Å². The average Bonchev–Trinajstić information content (AvgIpc) is 2.88. The van der Waals surface area contributed by atoms with Crippen molar-refractivity contribution in [2.45, 2.75) is 45.2 Å². The summed E-state index contributed by atoms with van der Waals surface area (Å²) in [5, 5.41) is 0.805. The molecule has 2 nitrogen and oxygen atoms in total. The summed E-state index contributed by atoms with van der Waals surface area (Å²) >= 11 is 5.97. The molecule has 0 heterocycles. The van der Waals surface area contributed by atoms with Crippen molar-refractivity contribution in [3.63, 3.8) is 0 Å². The number of nitrogens with zero attached hydrogens (tertiary/aromatic N) is 1. The molecule has 0 spiro atoms. The fourth-order valence-corrected chi connectivity index (χ4v) is 3.58. The number of hydrogen-bond acceptors (Lipinski definition) is 2. The third-order valence-corrected chi connectivity index (χ3v) is 4.81. The van der Waals surface area contributed by atoms with E-state index in [1.807, 2.05) is 12.1 Å². The van der Waals surface area contributed by atoms with E-state index in [1.165, 1.54) is 24.8 Å². The van der Waals surface area contributed by atoms with E-state index in [2.05, 4.69) is 30.9 Å². The molecule has 2 rings (SSSR count). The maximum absolute atomic E-state index is 5.97. The Labute approximate surface area is 121 Å². The van der Waals surface area contributed by atoms with Crippen LogP contribution in [0.15, 0.2) is 24.3 Å². The van der Waals surface area contributed by atoms with Crippen molar-refractivity contribution in [3.05, 3.63) is 34.9 Å². The van der Waals surface area contributed by atoms with Gasteiger partial charge in [-0.3, -0.25) is 4.90 Å². The van der Waals surface area contributed by atoms with Crippen LogP contribution in [-0.2, 0) is 0 Å². The molecule has 0 amide bonds. The number of nitrogens with two attached hydrogens (primary N) is 1. The first-order valence-corrected chi connectivity index (χ1v) is 7.76. The van der Waals surface area contributed by atoms with Crippen LogP contribution in [-0.4, -0.2) is 24.0 Å². The van der Waals surface area contributed by atoms with Gasteiger partial charge in [-0.2, -0.15) is 0 Å². The Hall–Kier alpha value is -0.570. The Balaban J connectivity index is 2.14. The van der Waals surface area contributed by atoms with Crippen LogP contribution in [0.2, 0.25) is 5.02 Å². The van der Waals surface area contributed by atoms with E-state index in [4.69, 9.17) is 17.3 Å². The van der Waals surface area contributed by atoms with Crippen LogP contribution < -0.4 is 5.73 Å². The van der Waals surface area contributed by atoms with Gasteiger partial charge in [-0.05, 0) is 56.5 Å². The first-order valence-electron chi connectivity index (χ1n) is 7.38. The third-order valence-electron chi connectivity index (χ3n) is 4.56. The largest absolute Gasteiger partial charge is 0.330 e. The molecule has 106 valence electrons. The molecule has 1 fully saturated rings. The third kappa shape index (κ3) is 3.31. The van der Waals surface area contributed by atoms with Gasteiger partial charge in [-0.1, -0.05) is 37.1 Å². The van der Waals surface area contributed by atoms with Crippen LogP contribution in [0.5, 0.6) is 0 Å². The predicted molar refractivity (Wildman–Crippen MR) is 82.4 cm³/mol. The van der Waals surface area contributed by atoms with Gasteiger partial charge in [0.15, 0.2) is 0 Å². The molecule has 3 atom stereocenters. The van der Waals surface area contributed by atoms with Crippen LogP contribution in [0.4, 0.5) is 0 Å². The van der Waals surface area contributed by atoms with Gasteiger partial charge in [0.05, 0.1) is 0 Å². The summed E-state index contributed by atoms with van der Waals surface area (Å²) in [6.07, 6.45) is 3.88. The number of hydrogen-bond donors (Lipinski definition) is 1. The fourth-order valence-electron chi connectivity index (χ4n) is 3.46. The highest BCUT2D eigenvalue weighted by molar-refractivity contribution is 6.30. The van der Waals surface area contributed by atoms with Crippen molar-refractivity contribution in [3.8, 4) is 0 Å². The molecule has 1 saturated carbocycles. The van der Waals surface area contributed by atoms with Crippen molar-refractivity contribution >= 4 is 11.6 Å². The molecule has 1 aliphatic carbocycles. The quantitative estimate of drug-likeness (QED) is 0.888. The maximum atomic E-state index is 5.97. The van der Waals surface area contributed by atoms with Crippen molar-refractivity contribution in [2.24, 2.45) is 11.7 Å². The van der Waals surface area contributed by atoms with Crippen LogP contribution in [0, 0.1) is 5.92 Å². The highest BCUT2D eigenvalue weighted by atomic mass is 35.5. The molecule has 3 heteroatoms. The Morgan fingerprint density at radius 1 is 1.32 bits per heavy atom. The van der Waals surface area contributed by atoms with Gasteiger partial charge < -0.3 is 5.73 Å². The average molecular weight is 281 g/mol. The van der Waals surface area contributed by atoms with E-state index in [9.17, 15) is 0 Å². The lowest BCUT2D eigenvalue weighted by molar-refractivity contribution is 0.123. The first-order chi connectivity index (χ1) is 9.17. The molecular formula is C16H25ClN2. The number of benzene rings is 1. The van der Waals surface area contributed by atoms with E-state index in [0.29, 0.717) is 18.0 Å². The van der Waals surface area contributed by atoms with Crippen molar-refractivity contribution in [1.29, 1.82) is 0 Å². The zero-order valence-electron chi connectivity index (χ0n) is 12.0. The lowest BCUT2D eigenvalue weighted by Gasteiger charge is -2.37. The van der Waals surface area contributed by atoms with Crippen molar-refractivity contribution in [2.75, 3.05) is 13.1 Å². The molecule has 1 aromatic rings. The lowest BCUT2D eigenvalue weighted by Crippen LogP contribution is -2.41. The van der Waals surface area contributed by atoms with Crippen LogP contribution in [0.3, 0.4) is 0 Å².